The maximum Gasteiger partial charge on any atom is 0.414 e. The number of fused-ring (bicyclic) bond motifs is 1. The van der Waals surface area contributed by atoms with E-state index in [0.717, 1.165) is 5.39 Å². The zero-order valence-corrected chi connectivity index (χ0v) is 13.0. The highest BCUT2D eigenvalue weighted by molar-refractivity contribution is 5.99. The second-order valence-electron chi connectivity index (χ2n) is 4.81. The molecule has 0 heterocycles. The molecular formula is C17H19NO4. The molecular weight excluding hydrogens is 282 g/mol. The van der Waals surface area contributed by atoms with Gasteiger partial charge in [0, 0.05) is 19.5 Å². The lowest BCUT2D eigenvalue weighted by Gasteiger charge is -2.16. The zero-order chi connectivity index (χ0) is 16.1. The fraction of sp³-hybridized carbons (Fsp3) is 0.235. The monoisotopic (exact) mass is 301 g/mol. The molecule has 0 N–H and O–H groups in total. The molecule has 1 amide bonds. The van der Waals surface area contributed by atoms with Crippen LogP contribution in [0.1, 0.15) is 0 Å². The number of carbonyl (C=O) groups is 1. The summed E-state index contributed by atoms with van der Waals surface area (Å²) >= 11 is 0. The second kappa shape index (κ2) is 6.85. The van der Waals surface area contributed by atoms with E-state index in [2.05, 4.69) is 6.58 Å². The van der Waals surface area contributed by atoms with Gasteiger partial charge in [-0.15, -0.1) is 0 Å². The molecule has 0 saturated carbocycles. The molecule has 0 unspecified atom stereocenters. The Hall–Kier alpha value is -2.69. The van der Waals surface area contributed by atoms with E-state index in [-0.39, 0.29) is 0 Å². The van der Waals surface area contributed by atoms with Crippen LogP contribution in [0, 0.1) is 0 Å². The third-order valence-electron chi connectivity index (χ3n) is 3.06. The molecule has 0 aliphatic heterocycles. The fourth-order valence-electron chi connectivity index (χ4n) is 2.03. The first-order chi connectivity index (χ1) is 10.6. The Morgan fingerprint density at radius 1 is 1.18 bits per heavy atom. The van der Waals surface area contributed by atoms with Gasteiger partial charge in [-0.2, -0.15) is 0 Å². The quantitative estimate of drug-likeness (QED) is 0.793. The van der Waals surface area contributed by atoms with Gasteiger partial charge < -0.3 is 19.1 Å². The van der Waals surface area contributed by atoms with E-state index in [9.17, 15) is 4.79 Å². The highest BCUT2D eigenvalue weighted by Gasteiger charge is 2.16. The molecule has 5 heteroatoms. The van der Waals surface area contributed by atoms with Crippen molar-refractivity contribution in [1.29, 1.82) is 0 Å². The third kappa shape index (κ3) is 3.14. The molecule has 2 aromatic rings. The van der Waals surface area contributed by atoms with Gasteiger partial charge in [-0.3, -0.25) is 0 Å². The van der Waals surface area contributed by atoms with Gasteiger partial charge in [0.05, 0.1) is 12.5 Å². The molecule has 2 rings (SSSR count). The first-order valence-electron chi connectivity index (χ1n) is 6.81. The van der Waals surface area contributed by atoms with Crippen LogP contribution >= 0.6 is 0 Å². The SMILES string of the molecule is C=CCOc1ccc(OC(=O)N(C)C)c2c(OC)cccc12. The Morgan fingerprint density at radius 2 is 1.91 bits per heavy atom. The lowest BCUT2D eigenvalue weighted by atomic mass is 10.1. The molecule has 0 aromatic heterocycles. The Bertz CT molecular complexity index is 694. The zero-order valence-electron chi connectivity index (χ0n) is 13.0. The van der Waals surface area contributed by atoms with Crippen LogP contribution in [0.4, 0.5) is 4.79 Å². The minimum atomic E-state index is -0.452. The number of benzene rings is 2. The first-order valence-corrected chi connectivity index (χ1v) is 6.81. The van der Waals surface area contributed by atoms with Gasteiger partial charge in [0.15, 0.2) is 0 Å². The maximum atomic E-state index is 11.8. The van der Waals surface area contributed by atoms with E-state index >= 15 is 0 Å². The van der Waals surface area contributed by atoms with Crippen LogP contribution < -0.4 is 14.2 Å². The van der Waals surface area contributed by atoms with Gasteiger partial charge in [-0.1, -0.05) is 24.8 Å². The lowest BCUT2D eigenvalue weighted by molar-refractivity contribution is 0.172. The number of nitrogens with zero attached hydrogens (tertiary/aromatic N) is 1. The first kappa shape index (κ1) is 15.7. The maximum absolute atomic E-state index is 11.8. The van der Waals surface area contributed by atoms with Gasteiger partial charge >= 0.3 is 6.09 Å². The number of ether oxygens (including phenoxy) is 3. The van der Waals surface area contributed by atoms with Crippen molar-refractivity contribution in [3.63, 3.8) is 0 Å². The summed E-state index contributed by atoms with van der Waals surface area (Å²) < 4.78 is 16.5. The highest BCUT2D eigenvalue weighted by Crippen LogP contribution is 2.39. The summed E-state index contributed by atoms with van der Waals surface area (Å²) in [6, 6.07) is 9.03. The summed E-state index contributed by atoms with van der Waals surface area (Å²) in [5, 5.41) is 1.51. The van der Waals surface area contributed by atoms with Crippen LogP contribution in [-0.2, 0) is 0 Å². The van der Waals surface area contributed by atoms with E-state index < -0.39 is 6.09 Å². The predicted octanol–water partition coefficient (Wildman–Crippen LogP) is 3.47. The van der Waals surface area contributed by atoms with Crippen molar-refractivity contribution in [2.24, 2.45) is 0 Å². The van der Waals surface area contributed by atoms with E-state index in [1.54, 1.807) is 39.4 Å². The third-order valence-corrected chi connectivity index (χ3v) is 3.06. The average Bonchev–Trinajstić information content (AvgIpc) is 2.53. The van der Waals surface area contributed by atoms with Crippen molar-refractivity contribution in [2.45, 2.75) is 0 Å². The van der Waals surface area contributed by atoms with Crippen molar-refractivity contribution in [2.75, 3.05) is 27.8 Å². The number of hydrogen-bond acceptors (Lipinski definition) is 4. The van der Waals surface area contributed by atoms with Gasteiger partial charge in [0.25, 0.3) is 0 Å². The number of carbonyl (C=O) groups excluding carboxylic acids is 1. The molecule has 0 bridgehead atoms. The number of amides is 1. The summed E-state index contributed by atoms with van der Waals surface area (Å²) in [5.74, 6) is 1.72. The van der Waals surface area contributed by atoms with E-state index in [1.807, 2.05) is 18.2 Å². The Morgan fingerprint density at radius 3 is 2.55 bits per heavy atom. The van der Waals surface area contributed by atoms with Crippen LogP contribution in [0.3, 0.4) is 0 Å². The molecule has 0 radical (unpaired) electrons. The second-order valence-corrected chi connectivity index (χ2v) is 4.81. The molecule has 0 aliphatic rings. The van der Waals surface area contributed by atoms with Crippen molar-refractivity contribution in [3.05, 3.63) is 43.0 Å². The van der Waals surface area contributed by atoms with Crippen molar-refractivity contribution in [1.82, 2.24) is 4.90 Å². The largest absolute Gasteiger partial charge is 0.496 e. The topological polar surface area (TPSA) is 48.0 Å². The summed E-state index contributed by atoms with van der Waals surface area (Å²) in [7, 11) is 4.83. The minimum Gasteiger partial charge on any atom is -0.496 e. The number of rotatable bonds is 5. The van der Waals surface area contributed by atoms with Gasteiger partial charge in [0.1, 0.15) is 23.9 Å². The predicted molar refractivity (Wildman–Crippen MR) is 85.9 cm³/mol. The number of methoxy groups -OCH3 is 1. The smallest absolute Gasteiger partial charge is 0.414 e. The minimum absolute atomic E-state index is 0.392. The molecule has 0 spiro atoms. The van der Waals surface area contributed by atoms with Gasteiger partial charge in [-0.05, 0) is 18.2 Å². The lowest BCUT2D eigenvalue weighted by Crippen LogP contribution is -2.25. The molecule has 2 aromatic carbocycles. The Balaban J connectivity index is 2.57. The van der Waals surface area contributed by atoms with Gasteiger partial charge in [-0.25, -0.2) is 4.79 Å². The standard InChI is InChI=1S/C17H19NO4/c1-5-11-21-13-9-10-15(22-17(19)18(2)3)16-12(13)7-6-8-14(16)20-4/h5-10H,1,11H2,2-4H3. The van der Waals surface area contributed by atoms with E-state index in [1.165, 1.54) is 4.90 Å². The molecule has 22 heavy (non-hydrogen) atoms. The van der Waals surface area contributed by atoms with E-state index in [0.29, 0.717) is 29.2 Å². The van der Waals surface area contributed by atoms with Crippen LogP contribution in [0.2, 0.25) is 0 Å². The molecule has 116 valence electrons. The molecule has 5 nitrogen and oxygen atoms in total. The molecule has 0 atom stereocenters. The molecule has 0 fully saturated rings. The van der Waals surface area contributed by atoms with Crippen LogP contribution in [0.15, 0.2) is 43.0 Å². The van der Waals surface area contributed by atoms with Crippen LogP contribution in [0.25, 0.3) is 10.8 Å². The van der Waals surface area contributed by atoms with Crippen molar-refractivity contribution < 1.29 is 19.0 Å². The van der Waals surface area contributed by atoms with Crippen molar-refractivity contribution in [3.8, 4) is 17.2 Å². The molecule has 0 saturated heterocycles. The normalized spacial score (nSPS) is 10.1. The Labute approximate surface area is 129 Å². The van der Waals surface area contributed by atoms with Crippen molar-refractivity contribution >= 4 is 16.9 Å². The summed E-state index contributed by atoms with van der Waals surface area (Å²) in [6.07, 6.45) is 1.22. The van der Waals surface area contributed by atoms with E-state index in [4.69, 9.17) is 14.2 Å². The highest BCUT2D eigenvalue weighted by atomic mass is 16.6. The van der Waals surface area contributed by atoms with Crippen LogP contribution in [-0.4, -0.2) is 38.8 Å². The number of hydrogen-bond donors (Lipinski definition) is 0. The Kier molecular flexibility index (Phi) is 4.88. The van der Waals surface area contributed by atoms with Gasteiger partial charge in [0.2, 0.25) is 0 Å². The average molecular weight is 301 g/mol. The summed E-state index contributed by atoms with van der Waals surface area (Å²) in [4.78, 5) is 13.2. The fourth-order valence-corrected chi connectivity index (χ4v) is 2.03. The summed E-state index contributed by atoms with van der Waals surface area (Å²) in [6.45, 7) is 4.03. The summed E-state index contributed by atoms with van der Waals surface area (Å²) in [5.41, 5.74) is 0. The molecule has 0 aliphatic carbocycles. The van der Waals surface area contributed by atoms with Crippen LogP contribution in [0.5, 0.6) is 17.2 Å².